The molecular weight excluding hydrogens is 325 g/mol. The molecular formula is C10H7BrF5NO. The number of rotatable bonds is 3. The lowest BCUT2D eigenvalue weighted by Crippen LogP contribution is -2.28. The lowest BCUT2D eigenvalue weighted by molar-refractivity contribution is -0.138. The number of nitrogens with one attached hydrogen (secondary N) is 1. The van der Waals surface area contributed by atoms with Crippen LogP contribution in [0.25, 0.3) is 0 Å². The fourth-order valence-corrected chi connectivity index (χ4v) is 1.63. The van der Waals surface area contributed by atoms with Gasteiger partial charge in [-0.1, -0.05) is 15.9 Å². The van der Waals surface area contributed by atoms with E-state index in [9.17, 15) is 26.7 Å². The first-order chi connectivity index (χ1) is 8.21. The topological polar surface area (TPSA) is 29.1 Å². The van der Waals surface area contributed by atoms with Crippen LogP contribution in [0.3, 0.4) is 0 Å². The van der Waals surface area contributed by atoms with Gasteiger partial charge < -0.3 is 5.32 Å². The number of hydrogen-bond acceptors (Lipinski definition) is 1. The Kier molecular flexibility index (Phi) is 4.66. The zero-order chi connectivity index (χ0) is 13.9. The van der Waals surface area contributed by atoms with Gasteiger partial charge in [0.2, 0.25) is 0 Å². The van der Waals surface area contributed by atoms with Crippen molar-refractivity contribution in [3.05, 3.63) is 33.8 Å². The first kappa shape index (κ1) is 14.9. The molecule has 0 aliphatic rings. The average molecular weight is 332 g/mol. The van der Waals surface area contributed by atoms with E-state index in [1.165, 1.54) is 0 Å². The van der Waals surface area contributed by atoms with Crippen LogP contribution in [0.1, 0.15) is 15.9 Å². The Balaban J connectivity index is 2.95. The van der Waals surface area contributed by atoms with Crippen LogP contribution < -0.4 is 5.32 Å². The summed E-state index contributed by atoms with van der Waals surface area (Å²) in [5, 5.41) is 1.82. The number of hydrogen-bond donors (Lipinski definition) is 1. The van der Waals surface area contributed by atoms with Gasteiger partial charge in [-0.2, -0.15) is 13.2 Å². The van der Waals surface area contributed by atoms with Crippen molar-refractivity contribution in [2.24, 2.45) is 0 Å². The minimum atomic E-state index is -4.63. The maximum atomic E-state index is 12.5. The first-order valence-electron chi connectivity index (χ1n) is 4.65. The monoisotopic (exact) mass is 331 g/mol. The van der Waals surface area contributed by atoms with E-state index in [1.54, 1.807) is 0 Å². The van der Waals surface area contributed by atoms with Crippen LogP contribution in [-0.4, -0.2) is 18.9 Å². The predicted octanol–water partition coefficient (Wildman–Crippen LogP) is 3.46. The van der Waals surface area contributed by atoms with Gasteiger partial charge in [-0.05, 0) is 18.2 Å². The molecule has 0 unspecified atom stereocenters. The van der Waals surface area contributed by atoms with Gasteiger partial charge in [-0.25, -0.2) is 8.78 Å². The number of amides is 1. The van der Waals surface area contributed by atoms with Crippen molar-refractivity contribution in [2.45, 2.75) is 12.6 Å². The molecule has 1 N–H and O–H groups in total. The molecule has 8 heteroatoms. The number of benzene rings is 1. The molecule has 1 aromatic rings. The number of carbonyl (C=O) groups is 1. The molecule has 0 fully saturated rings. The van der Waals surface area contributed by atoms with Crippen molar-refractivity contribution >= 4 is 21.8 Å². The summed E-state index contributed by atoms with van der Waals surface area (Å²) in [5.41, 5.74) is -1.36. The molecule has 0 heterocycles. The van der Waals surface area contributed by atoms with Gasteiger partial charge in [0.05, 0.1) is 12.1 Å². The highest BCUT2D eigenvalue weighted by molar-refractivity contribution is 9.10. The van der Waals surface area contributed by atoms with Crippen molar-refractivity contribution in [2.75, 3.05) is 6.54 Å². The van der Waals surface area contributed by atoms with Gasteiger partial charge in [0, 0.05) is 10.0 Å². The molecule has 0 bridgehead atoms. The molecule has 0 aromatic heterocycles. The molecule has 0 saturated heterocycles. The molecule has 0 radical (unpaired) electrons. The molecule has 1 aromatic carbocycles. The molecule has 1 amide bonds. The van der Waals surface area contributed by atoms with E-state index in [2.05, 4.69) is 15.9 Å². The van der Waals surface area contributed by atoms with Crippen LogP contribution in [0.4, 0.5) is 22.0 Å². The minimum Gasteiger partial charge on any atom is -0.346 e. The fraction of sp³-hybridized carbons (Fsp3) is 0.300. The Morgan fingerprint density at radius 3 is 2.44 bits per heavy atom. The van der Waals surface area contributed by atoms with Crippen LogP contribution in [0.5, 0.6) is 0 Å². The highest BCUT2D eigenvalue weighted by Gasteiger charge is 2.33. The molecule has 1 rings (SSSR count). The molecule has 0 aliphatic heterocycles. The number of halogens is 6. The van der Waals surface area contributed by atoms with E-state index in [0.717, 1.165) is 12.1 Å². The van der Waals surface area contributed by atoms with Crippen LogP contribution in [0.15, 0.2) is 22.7 Å². The molecule has 2 nitrogen and oxygen atoms in total. The van der Waals surface area contributed by atoms with Crippen LogP contribution >= 0.6 is 15.9 Å². The SMILES string of the molecule is O=C(NCC(F)F)c1ccc(Br)c(C(F)(F)F)c1. The molecule has 0 spiro atoms. The summed E-state index contributed by atoms with van der Waals surface area (Å²) in [7, 11) is 0. The van der Waals surface area contributed by atoms with Crippen LogP contribution in [0.2, 0.25) is 0 Å². The predicted molar refractivity (Wildman–Crippen MR) is 57.5 cm³/mol. The smallest absolute Gasteiger partial charge is 0.346 e. The molecule has 0 saturated carbocycles. The zero-order valence-corrected chi connectivity index (χ0v) is 10.3. The third-order valence-electron chi connectivity index (χ3n) is 1.95. The second-order valence-electron chi connectivity index (χ2n) is 3.29. The normalized spacial score (nSPS) is 11.7. The Labute approximate surface area is 107 Å². The Hall–Kier alpha value is -1.18. The number of alkyl halides is 5. The Morgan fingerprint density at radius 2 is 1.94 bits per heavy atom. The third-order valence-corrected chi connectivity index (χ3v) is 2.64. The Bertz CT molecular complexity index is 446. The standard InChI is InChI=1S/C10H7BrF5NO/c11-7-2-1-5(3-6(7)10(14,15)16)9(18)17-4-8(12)13/h1-3,8H,4H2,(H,17,18). The summed E-state index contributed by atoms with van der Waals surface area (Å²) in [5.74, 6) is -0.978. The van der Waals surface area contributed by atoms with Gasteiger partial charge in [-0.15, -0.1) is 0 Å². The molecule has 100 valence electrons. The highest BCUT2D eigenvalue weighted by atomic mass is 79.9. The van der Waals surface area contributed by atoms with Gasteiger partial charge in [0.15, 0.2) is 0 Å². The van der Waals surface area contributed by atoms with Gasteiger partial charge in [0.1, 0.15) is 0 Å². The van der Waals surface area contributed by atoms with Gasteiger partial charge in [-0.3, -0.25) is 4.79 Å². The highest BCUT2D eigenvalue weighted by Crippen LogP contribution is 2.35. The first-order valence-corrected chi connectivity index (χ1v) is 5.44. The summed E-state index contributed by atoms with van der Waals surface area (Å²) in [6, 6.07) is 2.76. The minimum absolute atomic E-state index is 0.222. The van der Waals surface area contributed by atoms with Gasteiger partial charge in [0.25, 0.3) is 12.3 Å². The quantitative estimate of drug-likeness (QED) is 0.844. The lowest BCUT2D eigenvalue weighted by atomic mass is 10.1. The average Bonchev–Trinajstić information content (AvgIpc) is 2.24. The van der Waals surface area contributed by atoms with E-state index in [0.29, 0.717) is 6.07 Å². The summed E-state index contributed by atoms with van der Waals surface area (Å²) in [4.78, 5) is 11.3. The lowest BCUT2D eigenvalue weighted by Gasteiger charge is -2.11. The summed E-state index contributed by atoms with van der Waals surface area (Å²) < 4.78 is 61.0. The summed E-state index contributed by atoms with van der Waals surface area (Å²) >= 11 is 2.71. The van der Waals surface area contributed by atoms with Crippen molar-refractivity contribution in [1.82, 2.24) is 5.32 Å². The molecule has 18 heavy (non-hydrogen) atoms. The van der Waals surface area contributed by atoms with E-state index >= 15 is 0 Å². The van der Waals surface area contributed by atoms with Gasteiger partial charge >= 0.3 is 6.18 Å². The van der Waals surface area contributed by atoms with Crippen molar-refractivity contribution < 1.29 is 26.7 Å². The number of carbonyl (C=O) groups excluding carboxylic acids is 1. The van der Waals surface area contributed by atoms with E-state index in [1.807, 2.05) is 5.32 Å². The third kappa shape index (κ3) is 3.94. The van der Waals surface area contributed by atoms with Crippen LogP contribution in [-0.2, 0) is 6.18 Å². The summed E-state index contributed by atoms with van der Waals surface area (Å²) in [6.45, 7) is -0.906. The maximum absolute atomic E-state index is 12.5. The van der Waals surface area contributed by atoms with Crippen molar-refractivity contribution in [3.8, 4) is 0 Å². The maximum Gasteiger partial charge on any atom is 0.417 e. The molecule has 0 atom stereocenters. The van der Waals surface area contributed by atoms with Crippen molar-refractivity contribution in [3.63, 3.8) is 0 Å². The largest absolute Gasteiger partial charge is 0.417 e. The fourth-order valence-electron chi connectivity index (χ4n) is 1.16. The molecule has 0 aliphatic carbocycles. The summed E-state index contributed by atoms with van der Waals surface area (Å²) in [6.07, 6.45) is -7.39. The van der Waals surface area contributed by atoms with Crippen LogP contribution in [0, 0.1) is 0 Å². The zero-order valence-electron chi connectivity index (χ0n) is 8.69. The second kappa shape index (κ2) is 5.64. The van der Waals surface area contributed by atoms with E-state index in [4.69, 9.17) is 0 Å². The van der Waals surface area contributed by atoms with Crippen molar-refractivity contribution in [1.29, 1.82) is 0 Å². The van der Waals surface area contributed by atoms with E-state index < -0.39 is 30.6 Å². The Morgan fingerprint density at radius 1 is 1.33 bits per heavy atom. The second-order valence-corrected chi connectivity index (χ2v) is 4.15. The van der Waals surface area contributed by atoms with E-state index in [-0.39, 0.29) is 10.0 Å².